The molecule has 0 saturated carbocycles. The maximum absolute atomic E-state index is 12.4. The molecule has 1 aromatic rings. The molecular formula is C13H20F3N3O2. The van der Waals surface area contributed by atoms with Crippen molar-refractivity contribution in [1.29, 1.82) is 0 Å². The maximum atomic E-state index is 12.4. The number of nitrogens with zero attached hydrogens (tertiary/aromatic N) is 2. The molecule has 2 N–H and O–H groups in total. The summed E-state index contributed by atoms with van der Waals surface area (Å²) in [6.45, 7) is 5.48. The van der Waals surface area contributed by atoms with Gasteiger partial charge in [-0.05, 0) is 39.7 Å². The van der Waals surface area contributed by atoms with Gasteiger partial charge in [0, 0.05) is 18.8 Å². The predicted molar refractivity (Wildman–Crippen MR) is 70.8 cm³/mol. The second kappa shape index (κ2) is 6.46. The summed E-state index contributed by atoms with van der Waals surface area (Å²) in [6.07, 6.45) is -2.51. The Balaban J connectivity index is 2.59. The lowest BCUT2D eigenvalue weighted by Gasteiger charge is -2.28. The van der Waals surface area contributed by atoms with Crippen molar-refractivity contribution in [3.8, 4) is 0 Å². The first kappa shape index (κ1) is 17.5. The Hall–Kier alpha value is -1.57. The third-order valence-electron chi connectivity index (χ3n) is 3.07. The van der Waals surface area contributed by atoms with E-state index in [1.54, 1.807) is 6.92 Å². The number of halogens is 3. The van der Waals surface area contributed by atoms with Gasteiger partial charge in [-0.3, -0.25) is 14.8 Å². The lowest BCUT2D eigenvalue weighted by atomic mass is 9.95. The molecule has 0 aliphatic carbocycles. The first-order chi connectivity index (χ1) is 9.54. The Kier molecular flexibility index (Phi) is 5.38. The first-order valence-corrected chi connectivity index (χ1v) is 6.66. The third kappa shape index (κ3) is 5.04. The third-order valence-corrected chi connectivity index (χ3v) is 3.07. The van der Waals surface area contributed by atoms with Crippen LogP contribution in [0.5, 0.6) is 0 Å². The number of aryl methyl sites for hydroxylation is 1. The Labute approximate surface area is 121 Å². The van der Waals surface area contributed by atoms with Crippen LogP contribution in [-0.2, 0) is 17.5 Å². The summed E-state index contributed by atoms with van der Waals surface area (Å²) in [6, 6.07) is 0.899. The fourth-order valence-corrected chi connectivity index (χ4v) is 2.11. The van der Waals surface area contributed by atoms with E-state index >= 15 is 0 Å². The Morgan fingerprint density at radius 2 is 2.10 bits per heavy atom. The molecule has 8 heteroatoms. The topological polar surface area (TPSA) is 67.2 Å². The van der Waals surface area contributed by atoms with Crippen molar-refractivity contribution >= 4 is 5.97 Å². The average molecular weight is 307 g/mol. The van der Waals surface area contributed by atoms with Crippen LogP contribution < -0.4 is 5.32 Å². The molecule has 0 aliphatic heterocycles. The molecule has 0 bridgehead atoms. The van der Waals surface area contributed by atoms with E-state index < -0.39 is 23.4 Å². The zero-order chi connectivity index (χ0) is 16.3. The van der Waals surface area contributed by atoms with Crippen LogP contribution in [0, 0.1) is 0 Å². The number of hydrogen-bond donors (Lipinski definition) is 2. The van der Waals surface area contributed by atoms with Crippen molar-refractivity contribution < 1.29 is 23.1 Å². The maximum Gasteiger partial charge on any atom is 0.435 e. The molecule has 0 saturated heterocycles. The van der Waals surface area contributed by atoms with Gasteiger partial charge < -0.3 is 5.11 Å². The summed E-state index contributed by atoms with van der Waals surface area (Å²) in [4.78, 5) is 11.3. The van der Waals surface area contributed by atoms with Crippen LogP contribution in [0.2, 0.25) is 0 Å². The van der Waals surface area contributed by atoms with Gasteiger partial charge in [0.2, 0.25) is 0 Å². The van der Waals surface area contributed by atoms with Crippen molar-refractivity contribution in [2.24, 2.45) is 0 Å². The Bertz CT molecular complexity index is 485. The van der Waals surface area contributed by atoms with E-state index in [4.69, 9.17) is 0 Å². The number of rotatable bonds is 7. The van der Waals surface area contributed by atoms with Crippen molar-refractivity contribution in [2.75, 3.05) is 0 Å². The zero-order valence-corrected chi connectivity index (χ0v) is 12.2. The summed E-state index contributed by atoms with van der Waals surface area (Å²) in [7, 11) is 0. The highest BCUT2D eigenvalue weighted by atomic mass is 19.4. The van der Waals surface area contributed by atoms with Gasteiger partial charge >= 0.3 is 12.1 Å². The van der Waals surface area contributed by atoms with E-state index in [-0.39, 0.29) is 12.6 Å². The monoisotopic (exact) mass is 307 g/mol. The highest BCUT2D eigenvalue weighted by Crippen LogP contribution is 2.27. The van der Waals surface area contributed by atoms with Gasteiger partial charge in [0.15, 0.2) is 5.69 Å². The van der Waals surface area contributed by atoms with Gasteiger partial charge in [-0.2, -0.15) is 18.3 Å². The molecule has 1 atom stereocenters. The predicted octanol–water partition coefficient (Wildman–Crippen LogP) is 2.52. The van der Waals surface area contributed by atoms with Crippen LogP contribution in [0.1, 0.15) is 39.3 Å². The van der Waals surface area contributed by atoms with E-state index in [2.05, 4.69) is 10.4 Å². The fraction of sp³-hybridized carbons (Fsp3) is 0.692. The molecule has 1 heterocycles. The molecule has 21 heavy (non-hydrogen) atoms. The number of carboxylic acids is 1. The van der Waals surface area contributed by atoms with E-state index in [9.17, 15) is 23.1 Å². The van der Waals surface area contributed by atoms with Crippen LogP contribution in [0.15, 0.2) is 12.3 Å². The van der Waals surface area contributed by atoms with Crippen LogP contribution in [-0.4, -0.2) is 32.4 Å². The van der Waals surface area contributed by atoms with Crippen LogP contribution in [0.25, 0.3) is 0 Å². The lowest BCUT2D eigenvalue weighted by Crippen LogP contribution is -2.52. The van der Waals surface area contributed by atoms with Gasteiger partial charge in [0.1, 0.15) is 5.54 Å². The standard InChI is InChI=1S/C13H20F3N3O2/c1-9(2)17-12(3,11(20)21)6-4-7-19-8-5-10(18-19)13(14,15)16/h5,8-9,17H,4,6-7H2,1-3H3,(H,20,21). The number of aromatic nitrogens is 2. The number of carbonyl (C=O) groups is 1. The normalized spacial score (nSPS) is 15.2. The molecule has 0 radical (unpaired) electrons. The molecule has 1 rings (SSSR count). The Morgan fingerprint density at radius 3 is 2.52 bits per heavy atom. The molecule has 0 aliphatic rings. The zero-order valence-electron chi connectivity index (χ0n) is 12.2. The van der Waals surface area contributed by atoms with Gasteiger partial charge in [-0.25, -0.2) is 0 Å². The first-order valence-electron chi connectivity index (χ1n) is 6.66. The highest BCUT2D eigenvalue weighted by Gasteiger charge is 2.34. The quantitative estimate of drug-likeness (QED) is 0.812. The molecule has 1 unspecified atom stereocenters. The number of nitrogens with one attached hydrogen (secondary N) is 1. The fourth-order valence-electron chi connectivity index (χ4n) is 2.11. The lowest BCUT2D eigenvalue weighted by molar-refractivity contribution is -0.144. The molecular weight excluding hydrogens is 287 g/mol. The summed E-state index contributed by atoms with van der Waals surface area (Å²) >= 11 is 0. The molecule has 0 fully saturated rings. The summed E-state index contributed by atoms with van der Waals surface area (Å²) < 4.78 is 38.4. The number of alkyl halides is 3. The summed E-state index contributed by atoms with van der Waals surface area (Å²) in [5.74, 6) is -0.979. The number of carboxylic acid groups (broad SMARTS) is 1. The largest absolute Gasteiger partial charge is 0.480 e. The molecule has 1 aromatic heterocycles. The minimum absolute atomic E-state index is 0.00682. The van der Waals surface area contributed by atoms with E-state index in [1.165, 1.54) is 10.9 Å². The van der Waals surface area contributed by atoms with Gasteiger partial charge in [-0.15, -0.1) is 0 Å². The van der Waals surface area contributed by atoms with Gasteiger partial charge in [0.05, 0.1) is 0 Å². The minimum Gasteiger partial charge on any atom is -0.480 e. The van der Waals surface area contributed by atoms with Crippen molar-refractivity contribution in [1.82, 2.24) is 15.1 Å². The summed E-state index contributed by atoms with van der Waals surface area (Å²) in [5, 5.41) is 15.6. The molecule has 0 amide bonds. The highest BCUT2D eigenvalue weighted by molar-refractivity contribution is 5.78. The van der Waals surface area contributed by atoms with Crippen molar-refractivity contribution in [2.45, 2.75) is 57.9 Å². The van der Waals surface area contributed by atoms with E-state index in [0.29, 0.717) is 12.8 Å². The van der Waals surface area contributed by atoms with Gasteiger partial charge in [0.25, 0.3) is 0 Å². The van der Waals surface area contributed by atoms with E-state index in [1.807, 2.05) is 13.8 Å². The molecule has 120 valence electrons. The second-order valence-corrected chi connectivity index (χ2v) is 5.50. The second-order valence-electron chi connectivity index (χ2n) is 5.50. The Morgan fingerprint density at radius 1 is 1.48 bits per heavy atom. The van der Waals surface area contributed by atoms with Crippen molar-refractivity contribution in [3.05, 3.63) is 18.0 Å². The van der Waals surface area contributed by atoms with Gasteiger partial charge in [-0.1, -0.05) is 0 Å². The van der Waals surface area contributed by atoms with Crippen LogP contribution in [0.3, 0.4) is 0 Å². The smallest absolute Gasteiger partial charge is 0.435 e. The molecule has 0 aromatic carbocycles. The van der Waals surface area contributed by atoms with E-state index in [0.717, 1.165) is 6.07 Å². The number of aliphatic carboxylic acids is 1. The van der Waals surface area contributed by atoms with Crippen molar-refractivity contribution in [3.63, 3.8) is 0 Å². The number of hydrogen-bond acceptors (Lipinski definition) is 3. The molecule has 5 nitrogen and oxygen atoms in total. The summed E-state index contributed by atoms with van der Waals surface area (Å²) in [5.41, 5.74) is -2.04. The SMILES string of the molecule is CC(C)NC(C)(CCCn1ccc(C(F)(F)F)n1)C(=O)O. The minimum atomic E-state index is -4.46. The van der Waals surface area contributed by atoms with Crippen LogP contribution in [0.4, 0.5) is 13.2 Å². The average Bonchev–Trinajstić information content (AvgIpc) is 2.76. The van der Waals surface area contributed by atoms with Crippen LogP contribution >= 0.6 is 0 Å². The molecule has 0 spiro atoms.